The summed E-state index contributed by atoms with van der Waals surface area (Å²) in [5.74, 6) is 0.617. The Bertz CT molecular complexity index is 1120. The Morgan fingerprint density at radius 2 is 1.89 bits per heavy atom. The van der Waals surface area contributed by atoms with Gasteiger partial charge < -0.3 is 4.90 Å². The Kier molecular flexibility index (Phi) is 4.16. The number of aromatic nitrogens is 4. The minimum atomic E-state index is -1.60. The predicted molar refractivity (Wildman–Crippen MR) is 107 cm³/mol. The molecule has 1 unspecified atom stereocenters. The lowest BCUT2D eigenvalue weighted by Gasteiger charge is -2.27. The maximum atomic E-state index is 12.0. The lowest BCUT2D eigenvalue weighted by molar-refractivity contribution is -0.114. The zero-order valence-corrected chi connectivity index (χ0v) is 15.9. The first-order valence-corrected chi connectivity index (χ1v) is 10.3. The molecule has 0 spiro atoms. The normalized spacial score (nSPS) is 19.7. The van der Waals surface area contributed by atoms with E-state index in [1.807, 2.05) is 30.5 Å². The smallest absolute Gasteiger partial charge is 0.258 e. The van der Waals surface area contributed by atoms with Gasteiger partial charge in [0.05, 0.1) is 17.4 Å². The molecule has 8 nitrogen and oxygen atoms in total. The number of amides is 1. The van der Waals surface area contributed by atoms with Crippen molar-refractivity contribution in [3.05, 3.63) is 42.7 Å². The summed E-state index contributed by atoms with van der Waals surface area (Å²) < 4.78 is 15.8. The Morgan fingerprint density at radius 3 is 2.61 bits per heavy atom. The molecule has 0 radical (unpaired) electrons. The number of piperidine rings is 1. The molecule has 1 fully saturated rings. The summed E-state index contributed by atoms with van der Waals surface area (Å²) in [6.45, 7) is 2.12. The highest BCUT2D eigenvalue weighted by Gasteiger charge is 2.23. The SMILES string of the molecule is O=C1C=C(n2ncc3nc(-c4ccc(N5CCCCC5)nc4)ccc32)S(=O)N1. The van der Waals surface area contributed by atoms with E-state index in [9.17, 15) is 9.00 Å². The standard InChI is InChI=1S/C19H18N6O2S/c26-18-10-19(28(27)23-18)25-16-6-5-14(22-15(16)12-21-25)13-4-7-17(20-11-13)24-8-2-1-3-9-24/h4-7,10-12H,1-3,8-9H2,(H,23,26). The number of carbonyl (C=O) groups excluding carboxylic acids is 1. The van der Waals surface area contributed by atoms with E-state index >= 15 is 0 Å². The van der Waals surface area contributed by atoms with Crippen LogP contribution >= 0.6 is 0 Å². The first-order valence-electron chi connectivity index (χ1n) is 9.20. The third-order valence-electron chi connectivity index (χ3n) is 5.00. The molecule has 142 valence electrons. The van der Waals surface area contributed by atoms with Crippen LogP contribution in [0.25, 0.3) is 27.3 Å². The van der Waals surface area contributed by atoms with E-state index in [4.69, 9.17) is 0 Å². The van der Waals surface area contributed by atoms with E-state index in [1.165, 1.54) is 30.0 Å². The van der Waals surface area contributed by atoms with Crippen molar-refractivity contribution in [3.63, 3.8) is 0 Å². The minimum absolute atomic E-state index is 0.308. The number of fused-ring (bicyclic) bond motifs is 1. The number of hydrogen-bond acceptors (Lipinski definition) is 6. The molecule has 2 aliphatic rings. The lowest BCUT2D eigenvalue weighted by Crippen LogP contribution is -2.29. The second kappa shape index (κ2) is 6.83. The van der Waals surface area contributed by atoms with Gasteiger partial charge in [-0.3, -0.25) is 9.52 Å². The summed E-state index contributed by atoms with van der Waals surface area (Å²) in [5.41, 5.74) is 3.07. The summed E-state index contributed by atoms with van der Waals surface area (Å²) in [5, 5.41) is 4.56. The summed E-state index contributed by atoms with van der Waals surface area (Å²) >= 11 is 0. The van der Waals surface area contributed by atoms with Crippen molar-refractivity contribution >= 4 is 38.8 Å². The number of carbonyl (C=O) groups is 1. The molecule has 1 N–H and O–H groups in total. The number of nitrogens with one attached hydrogen (secondary N) is 1. The molecular weight excluding hydrogens is 376 g/mol. The third kappa shape index (κ3) is 2.97. The fraction of sp³-hybridized carbons (Fsp3) is 0.263. The van der Waals surface area contributed by atoms with Crippen LogP contribution in [0.5, 0.6) is 0 Å². The molecule has 28 heavy (non-hydrogen) atoms. The Hall–Kier alpha value is -3.07. The van der Waals surface area contributed by atoms with Crippen molar-refractivity contribution in [2.45, 2.75) is 19.3 Å². The maximum Gasteiger partial charge on any atom is 0.258 e. The zero-order chi connectivity index (χ0) is 19.1. The molecule has 0 aliphatic carbocycles. The van der Waals surface area contributed by atoms with Gasteiger partial charge >= 0.3 is 0 Å². The molecule has 0 bridgehead atoms. The average molecular weight is 394 g/mol. The van der Waals surface area contributed by atoms with Gasteiger partial charge in [-0.1, -0.05) is 0 Å². The monoisotopic (exact) mass is 394 g/mol. The molecule has 3 aromatic rings. The van der Waals surface area contributed by atoms with Crippen LogP contribution in [-0.2, 0) is 15.8 Å². The van der Waals surface area contributed by atoms with E-state index in [-0.39, 0.29) is 5.91 Å². The van der Waals surface area contributed by atoms with Crippen LogP contribution in [0.4, 0.5) is 5.82 Å². The van der Waals surface area contributed by atoms with Crippen LogP contribution < -0.4 is 9.62 Å². The van der Waals surface area contributed by atoms with Gasteiger partial charge in [-0.05, 0) is 43.5 Å². The second-order valence-electron chi connectivity index (χ2n) is 6.83. The van der Waals surface area contributed by atoms with E-state index in [1.54, 1.807) is 6.20 Å². The van der Waals surface area contributed by atoms with Crippen LogP contribution in [0.2, 0.25) is 0 Å². The number of hydrogen-bond donors (Lipinski definition) is 1. The Labute approximate surface area is 163 Å². The van der Waals surface area contributed by atoms with Gasteiger partial charge in [-0.2, -0.15) is 5.10 Å². The minimum Gasteiger partial charge on any atom is -0.357 e. The summed E-state index contributed by atoms with van der Waals surface area (Å²) in [4.78, 5) is 23.0. The van der Waals surface area contributed by atoms with Gasteiger partial charge in [-0.15, -0.1) is 0 Å². The van der Waals surface area contributed by atoms with Crippen LogP contribution in [0.15, 0.2) is 42.7 Å². The van der Waals surface area contributed by atoms with Crippen LogP contribution in [0.3, 0.4) is 0 Å². The van der Waals surface area contributed by atoms with Crippen LogP contribution in [0, 0.1) is 0 Å². The van der Waals surface area contributed by atoms with Crippen molar-refractivity contribution in [1.29, 1.82) is 0 Å². The average Bonchev–Trinajstić information content (AvgIpc) is 3.30. The van der Waals surface area contributed by atoms with E-state index in [0.717, 1.165) is 30.2 Å². The molecule has 5 heterocycles. The third-order valence-corrected chi connectivity index (χ3v) is 6.05. The second-order valence-corrected chi connectivity index (χ2v) is 7.99. The topological polar surface area (TPSA) is 93.0 Å². The van der Waals surface area contributed by atoms with Gasteiger partial charge in [0.25, 0.3) is 5.91 Å². The zero-order valence-electron chi connectivity index (χ0n) is 15.0. The van der Waals surface area contributed by atoms with Crippen LogP contribution in [-0.4, -0.2) is 43.0 Å². The van der Waals surface area contributed by atoms with Gasteiger partial charge in [0.2, 0.25) is 0 Å². The predicted octanol–water partition coefficient (Wildman–Crippen LogP) is 2.08. The number of anilines is 1. The first kappa shape index (κ1) is 17.1. The van der Waals surface area contributed by atoms with Crippen molar-refractivity contribution in [3.8, 4) is 11.3 Å². The quantitative estimate of drug-likeness (QED) is 0.731. The largest absolute Gasteiger partial charge is 0.357 e. The molecule has 2 aliphatic heterocycles. The maximum absolute atomic E-state index is 12.0. The lowest BCUT2D eigenvalue weighted by atomic mass is 10.1. The molecule has 0 saturated carbocycles. The molecule has 3 aromatic heterocycles. The van der Waals surface area contributed by atoms with Gasteiger partial charge in [0, 0.05) is 30.9 Å². The van der Waals surface area contributed by atoms with Crippen LogP contribution in [0.1, 0.15) is 19.3 Å². The number of nitrogens with zero attached hydrogens (tertiary/aromatic N) is 5. The molecule has 1 amide bonds. The highest BCUT2D eigenvalue weighted by molar-refractivity contribution is 7.93. The summed E-state index contributed by atoms with van der Waals surface area (Å²) in [6.07, 6.45) is 8.47. The molecule has 0 aromatic carbocycles. The van der Waals surface area contributed by atoms with Gasteiger partial charge in [0.15, 0.2) is 16.0 Å². The van der Waals surface area contributed by atoms with Crippen molar-refractivity contribution in [2.24, 2.45) is 0 Å². The molecule has 9 heteroatoms. The molecule has 1 atom stereocenters. The van der Waals surface area contributed by atoms with Gasteiger partial charge in [0.1, 0.15) is 11.3 Å². The fourth-order valence-electron chi connectivity index (χ4n) is 3.58. The van der Waals surface area contributed by atoms with Crippen molar-refractivity contribution in [2.75, 3.05) is 18.0 Å². The highest BCUT2D eigenvalue weighted by atomic mass is 32.2. The first-order chi connectivity index (χ1) is 13.7. The summed E-state index contributed by atoms with van der Waals surface area (Å²) in [7, 11) is -1.60. The molecule has 5 rings (SSSR count). The van der Waals surface area contributed by atoms with Gasteiger partial charge in [-0.25, -0.2) is 18.9 Å². The summed E-state index contributed by atoms with van der Waals surface area (Å²) in [6, 6.07) is 7.82. The molecular formula is C19H18N6O2S. The van der Waals surface area contributed by atoms with E-state index in [0.29, 0.717) is 16.1 Å². The Balaban J connectivity index is 1.45. The van der Waals surface area contributed by atoms with E-state index in [2.05, 4.69) is 24.7 Å². The fourth-order valence-corrected chi connectivity index (χ4v) is 4.44. The number of pyridine rings is 2. The highest BCUT2D eigenvalue weighted by Crippen LogP contribution is 2.25. The van der Waals surface area contributed by atoms with E-state index < -0.39 is 11.0 Å². The molecule has 1 saturated heterocycles. The van der Waals surface area contributed by atoms with Crippen molar-refractivity contribution in [1.82, 2.24) is 24.5 Å². The number of rotatable bonds is 3. The Morgan fingerprint density at radius 1 is 1.04 bits per heavy atom. The van der Waals surface area contributed by atoms with Crippen molar-refractivity contribution < 1.29 is 9.00 Å².